The number of nitrogens with zero attached hydrogens (tertiary/aromatic N) is 1. The van der Waals surface area contributed by atoms with Gasteiger partial charge in [0.15, 0.2) is 0 Å². The number of benzene rings is 2. The van der Waals surface area contributed by atoms with Gasteiger partial charge in [0.2, 0.25) is 0 Å². The van der Waals surface area contributed by atoms with Crippen LogP contribution in [0.5, 0.6) is 5.75 Å². The minimum Gasteiger partial charge on any atom is -0.492 e. The number of para-hydroxylation sites is 1. The van der Waals surface area contributed by atoms with E-state index in [4.69, 9.17) is 4.74 Å². The van der Waals surface area contributed by atoms with Crippen molar-refractivity contribution in [3.05, 3.63) is 54.8 Å². The maximum absolute atomic E-state index is 12.3. The smallest absolute Gasteiger partial charge is 0.259 e. The van der Waals surface area contributed by atoms with E-state index in [1.54, 1.807) is 6.07 Å². The molecule has 4 nitrogen and oxygen atoms in total. The van der Waals surface area contributed by atoms with Crippen molar-refractivity contribution in [2.45, 2.75) is 6.92 Å². The van der Waals surface area contributed by atoms with Crippen molar-refractivity contribution in [1.29, 1.82) is 0 Å². The Bertz CT molecular complexity index is 908. The van der Waals surface area contributed by atoms with Gasteiger partial charge in [0.1, 0.15) is 11.6 Å². The number of rotatable bonds is 3. The molecule has 6 heteroatoms. The summed E-state index contributed by atoms with van der Waals surface area (Å²) < 4.78 is 7.61. The fourth-order valence-corrected chi connectivity index (χ4v) is 3.91. The molecule has 3 rings (SSSR count). The number of aromatic amines is 1. The largest absolute Gasteiger partial charge is 0.492 e. The first-order chi connectivity index (χ1) is 10.6. The maximum Gasteiger partial charge on any atom is 0.259 e. The molecule has 0 aliphatic heterocycles. The van der Waals surface area contributed by atoms with Crippen LogP contribution >= 0.6 is 38.5 Å². The first-order valence-corrected chi connectivity index (χ1v) is 8.58. The third kappa shape index (κ3) is 2.89. The average molecular weight is 471 g/mol. The summed E-state index contributed by atoms with van der Waals surface area (Å²) in [5.41, 5.74) is 1.28. The van der Waals surface area contributed by atoms with Crippen LogP contribution in [0.25, 0.3) is 22.3 Å². The van der Waals surface area contributed by atoms with Gasteiger partial charge in [0.25, 0.3) is 5.56 Å². The molecule has 0 unspecified atom stereocenters. The molecule has 0 saturated heterocycles. The van der Waals surface area contributed by atoms with Crippen molar-refractivity contribution >= 4 is 49.4 Å². The molecule has 0 bridgehead atoms. The van der Waals surface area contributed by atoms with Crippen LogP contribution in [0.2, 0.25) is 0 Å². The summed E-state index contributed by atoms with van der Waals surface area (Å²) in [6.45, 7) is 2.47. The van der Waals surface area contributed by atoms with E-state index in [9.17, 15) is 4.79 Å². The highest BCUT2D eigenvalue weighted by Gasteiger charge is 2.15. The van der Waals surface area contributed by atoms with Gasteiger partial charge in [-0.2, -0.15) is 0 Å². The van der Waals surface area contributed by atoms with Gasteiger partial charge in [-0.25, -0.2) is 4.98 Å². The van der Waals surface area contributed by atoms with E-state index >= 15 is 0 Å². The Hall–Kier alpha value is -1.41. The summed E-state index contributed by atoms with van der Waals surface area (Å²) in [5, 5.41) is 0.578. The summed E-state index contributed by atoms with van der Waals surface area (Å²) >= 11 is 5.70. The van der Waals surface area contributed by atoms with Gasteiger partial charge in [-0.05, 0) is 53.8 Å². The van der Waals surface area contributed by atoms with Gasteiger partial charge in [-0.15, -0.1) is 0 Å². The number of fused-ring (bicyclic) bond motifs is 1. The first-order valence-electron chi connectivity index (χ1n) is 6.71. The molecule has 2 aromatic carbocycles. The van der Waals surface area contributed by atoms with E-state index in [-0.39, 0.29) is 5.56 Å². The number of hydrogen-bond donors (Lipinski definition) is 1. The summed E-state index contributed by atoms with van der Waals surface area (Å²) in [6.07, 6.45) is 0. The van der Waals surface area contributed by atoms with E-state index < -0.39 is 0 Å². The van der Waals surface area contributed by atoms with Crippen LogP contribution in [0.1, 0.15) is 6.92 Å². The van der Waals surface area contributed by atoms with E-state index in [2.05, 4.69) is 48.5 Å². The zero-order chi connectivity index (χ0) is 15.7. The summed E-state index contributed by atoms with van der Waals surface area (Å²) in [7, 11) is 0. The molecule has 3 aromatic rings. The lowest BCUT2D eigenvalue weighted by molar-refractivity contribution is 0.339. The van der Waals surface area contributed by atoms with Crippen molar-refractivity contribution in [3.63, 3.8) is 0 Å². The lowest BCUT2D eigenvalue weighted by atomic mass is 10.1. The minimum atomic E-state index is -0.155. The average Bonchev–Trinajstić information content (AvgIpc) is 2.50. The highest BCUT2D eigenvalue weighted by atomic mass is 127. The van der Waals surface area contributed by atoms with Crippen LogP contribution in [-0.4, -0.2) is 16.6 Å². The molecule has 22 heavy (non-hydrogen) atoms. The second kappa shape index (κ2) is 6.37. The van der Waals surface area contributed by atoms with E-state index in [0.717, 1.165) is 19.4 Å². The highest BCUT2D eigenvalue weighted by Crippen LogP contribution is 2.35. The summed E-state index contributed by atoms with van der Waals surface area (Å²) in [4.78, 5) is 19.7. The molecule has 0 aliphatic carbocycles. The number of ether oxygens (including phenoxy) is 1. The normalized spacial score (nSPS) is 10.9. The van der Waals surface area contributed by atoms with Crippen molar-refractivity contribution in [2.75, 3.05) is 6.61 Å². The Morgan fingerprint density at radius 3 is 2.86 bits per heavy atom. The molecule has 1 N–H and O–H groups in total. The zero-order valence-corrected chi connectivity index (χ0v) is 15.4. The second-order valence-corrected chi connectivity index (χ2v) is 6.71. The standard InChI is InChI=1S/C16H12BrIN2O2/c1-2-22-14-11(7-9(17)8-12(14)18)15-19-13-6-4-3-5-10(13)16(21)20-15/h3-8H,2H2,1H3,(H,19,20,21). The molecule has 0 amide bonds. The van der Waals surface area contributed by atoms with Gasteiger partial charge in [-0.3, -0.25) is 4.79 Å². The van der Waals surface area contributed by atoms with Crippen molar-refractivity contribution in [2.24, 2.45) is 0 Å². The van der Waals surface area contributed by atoms with Gasteiger partial charge < -0.3 is 9.72 Å². The van der Waals surface area contributed by atoms with Crippen molar-refractivity contribution in [3.8, 4) is 17.1 Å². The summed E-state index contributed by atoms with van der Waals surface area (Å²) in [6, 6.07) is 11.2. The van der Waals surface area contributed by atoms with E-state index in [0.29, 0.717) is 23.3 Å². The van der Waals surface area contributed by atoms with Gasteiger partial charge in [0.05, 0.1) is 26.6 Å². The lowest BCUT2D eigenvalue weighted by Gasteiger charge is -2.13. The lowest BCUT2D eigenvalue weighted by Crippen LogP contribution is -2.10. The molecular formula is C16H12BrIN2O2. The third-order valence-electron chi connectivity index (χ3n) is 3.17. The van der Waals surface area contributed by atoms with Crippen molar-refractivity contribution < 1.29 is 4.74 Å². The number of hydrogen-bond acceptors (Lipinski definition) is 3. The first kappa shape index (κ1) is 15.5. The topological polar surface area (TPSA) is 55.0 Å². The molecule has 0 atom stereocenters. The maximum atomic E-state index is 12.3. The number of nitrogens with one attached hydrogen (secondary N) is 1. The fourth-order valence-electron chi connectivity index (χ4n) is 2.24. The van der Waals surface area contributed by atoms with Crippen LogP contribution in [0, 0.1) is 3.57 Å². The zero-order valence-electron chi connectivity index (χ0n) is 11.7. The Morgan fingerprint density at radius 2 is 2.09 bits per heavy atom. The summed E-state index contributed by atoms with van der Waals surface area (Å²) in [5.74, 6) is 1.23. The van der Waals surface area contributed by atoms with E-state index in [1.807, 2.05) is 37.3 Å². The predicted octanol–water partition coefficient (Wildman–Crippen LogP) is 4.36. The Kier molecular flexibility index (Phi) is 4.49. The second-order valence-electron chi connectivity index (χ2n) is 4.63. The number of H-pyrrole nitrogens is 1. The predicted molar refractivity (Wildman–Crippen MR) is 99.4 cm³/mol. The Labute approximate surface area is 149 Å². The van der Waals surface area contributed by atoms with Crippen LogP contribution in [0.4, 0.5) is 0 Å². The monoisotopic (exact) mass is 470 g/mol. The fraction of sp³-hybridized carbons (Fsp3) is 0.125. The minimum absolute atomic E-state index is 0.155. The molecule has 0 spiro atoms. The molecule has 112 valence electrons. The molecule has 0 fully saturated rings. The molecule has 0 aliphatic rings. The van der Waals surface area contributed by atoms with Crippen LogP contribution in [0.3, 0.4) is 0 Å². The van der Waals surface area contributed by atoms with Crippen LogP contribution in [-0.2, 0) is 0 Å². The molecule has 0 radical (unpaired) electrons. The third-order valence-corrected chi connectivity index (χ3v) is 4.42. The molecule has 0 saturated carbocycles. The molecule has 1 heterocycles. The van der Waals surface area contributed by atoms with E-state index in [1.165, 1.54) is 0 Å². The highest BCUT2D eigenvalue weighted by molar-refractivity contribution is 14.1. The van der Waals surface area contributed by atoms with Crippen LogP contribution in [0.15, 0.2) is 45.7 Å². The van der Waals surface area contributed by atoms with Gasteiger partial charge >= 0.3 is 0 Å². The van der Waals surface area contributed by atoms with Gasteiger partial charge in [0, 0.05) is 4.47 Å². The van der Waals surface area contributed by atoms with Gasteiger partial charge in [-0.1, -0.05) is 28.1 Å². The number of aromatic nitrogens is 2. The van der Waals surface area contributed by atoms with Crippen LogP contribution < -0.4 is 10.3 Å². The molecule has 1 aromatic heterocycles. The number of halogens is 2. The molecular weight excluding hydrogens is 459 g/mol. The Balaban J connectivity index is 2.29. The Morgan fingerprint density at radius 1 is 1.32 bits per heavy atom. The van der Waals surface area contributed by atoms with Crippen molar-refractivity contribution in [1.82, 2.24) is 9.97 Å². The quantitative estimate of drug-likeness (QED) is 0.579. The SMILES string of the molecule is CCOc1c(I)cc(Br)cc1-c1nc2ccccc2c(=O)[nH]1.